The fourth-order valence-electron chi connectivity index (χ4n) is 2.23. The Morgan fingerprint density at radius 2 is 1.94 bits per heavy atom. The van der Waals surface area contributed by atoms with Gasteiger partial charge in [-0.1, -0.05) is 24.1 Å². The predicted octanol–water partition coefficient (Wildman–Crippen LogP) is 4.38. The third-order valence-electron chi connectivity index (χ3n) is 3.24. The van der Waals surface area contributed by atoms with Crippen LogP contribution in [0.2, 0.25) is 5.02 Å². The maximum Gasteiger partial charge on any atom is 0.285 e. The van der Waals surface area contributed by atoms with Crippen LogP contribution in [-0.2, 0) is 12.8 Å². The van der Waals surface area contributed by atoms with Gasteiger partial charge in [-0.05, 0) is 54.6 Å². The Balaban J connectivity index is 2.36. The van der Waals surface area contributed by atoms with Gasteiger partial charge in [0.25, 0.3) is 5.24 Å². The average molecular weight is 284 g/mol. The number of hydrogen-bond donors (Lipinski definition) is 0. The molecule has 98 valence electrons. The summed E-state index contributed by atoms with van der Waals surface area (Å²) in [6, 6.07) is 4.05. The molecule has 4 heteroatoms. The van der Waals surface area contributed by atoms with Crippen LogP contribution in [0.25, 0.3) is 0 Å². The van der Waals surface area contributed by atoms with E-state index < -0.39 is 0 Å². The molecule has 1 aliphatic rings. The van der Waals surface area contributed by atoms with Gasteiger partial charge in [0.2, 0.25) is 0 Å². The highest BCUT2D eigenvalue weighted by Crippen LogP contribution is 2.36. The van der Waals surface area contributed by atoms with Gasteiger partial charge in [-0.25, -0.2) is 0 Å². The van der Waals surface area contributed by atoms with Gasteiger partial charge in [-0.2, -0.15) is 0 Å². The van der Waals surface area contributed by atoms with E-state index in [1.165, 1.54) is 42.2 Å². The van der Waals surface area contributed by atoms with Gasteiger partial charge in [0.1, 0.15) is 0 Å². The lowest BCUT2D eigenvalue weighted by molar-refractivity contribution is 0.241. The molecule has 0 aliphatic heterocycles. The van der Waals surface area contributed by atoms with Crippen molar-refractivity contribution in [3.63, 3.8) is 0 Å². The smallest absolute Gasteiger partial charge is 0.285 e. The third kappa shape index (κ3) is 3.01. The van der Waals surface area contributed by atoms with Gasteiger partial charge in [0.15, 0.2) is 0 Å². The largest absolute Gasteiger partial charge is 0.339 e. The van der Waals surface area contributed by atoms with Crippen LogP contribution in [0.4, 0.5) is 4.79 Å². The zero-order valence-corrected chi connectivity index (χ0v) is 12.4. The van der Waals surface area contributed by atoms with Crippen molar-refractivity contribution in [1.82, 2.24) is 4.90 Å². The van der Waals surface area contributed by atoms with Crippen molar-refractivity contribution < 1.29 is 4.79 Å². The van der Waals surface area contributed by atoms with Crippen LogP contribution in [0, 0.1) is 0 Å². The van der Waals surface area contributed by atoms with Gasteiger partial charge in [0.05, 0.1) is 5.02 Å². The van der Waals surface area contributed by atoms with Crippen LogP contribution in [0.15, 0.2) is 17.0 Å². The molecule has 2 rings (SSSR count). The van der Waals surface area contributed by atoms with Crippen molar-refractivity contribution in [3.05, 3.63) is 28.3 Å². The Labute approximate surface area is 118 Å². The van der Waals surface area contributed by atoms with Crippen molar-refractivity contribution in [2.45, 2.75) is 37.0 Å². The molecule has 1 aliphatic carbocycles. The number of aryl methyl sites for hydroxylation is 1. The monoisotopic (exact) mass is 283 g/mol. The Morgan fingerprint density at radius 1 is 1.22 bits per heavy atom. The number of carbonyl (C=O) groups is 1. The molecule has 0 saturated heterocycles. The molecule has 1 amide bonds. The molecule has 0 heterocycles. The highest BCUT2D eigenvalue weighted by atomic mass is 35.5. The zero-order chi connectivity index (χ0) is 13.1. The zero-order valence-electron chi connectivity index (χ0n) is 10.8. The Morgan fingerprint density at radius 3 is 2.67 bits per heavy atom. The molecule has 0 bridgehead atoms. The number of benzene rings is 1. The van der Waals surface area contributed by atoms with Gasteiger partial charge >= 0.3 is 0 Å². The number of nitrogens with zero attached hydrogens (tertiary/aromatic N) is 1. The van der Waals surface area contributed by atoms with Crippen molar-refractivity contribution in [1.29, 1.82) is 0 Å². The molecule has 0 radical (unpaired) electrons. The second kappa shape index (κ2) is 5.98. The summed E-state index contributed by atoms with van der Waals surface area (Å²) in [6.45, 7) is 0. The molecule has 18 heavy (non-hydrogen) atoms. The van der Waals surface area contributed by atoms with E-state index in [0.717, 1.165) is 17.7 Å². The summed E-state index contributed by atoms with van der Waals surface area (Å²) in [5.74, 6) is 0. The Kier molecular flexibility index (Phi) is 4.57. The first kappa shape index (κ1) is 13.8. The fourth-order valence-corrected chi connectivity index (χ4v) is 3.40. The quantitative estimate of drug-likeness (QED) is 0.563. The van der Waals surface area contributed by atoms with Crippen LogP contribution in [0.5, 0.6) is 0 Å². The van der Waals surface area contributed by atoms with E-state index in [2.05, 4.69) is 6.07 Å². The Bertz CT molecular complexity index is 459. The molecular weight excluding hydrogens is 266 g/mol. The number of thioether (sulfide) groups is 1. The normalized spacial score (nSPS) is 14.8. The number of amides is 1. The summed E-state index contributed by atoms with van der Waals surface area (Å²) in [7, 11) is 3.54. The van der Waals surface area contributed by atoms with E-state index in [4.69, 9.17) is 11.6 Å². The first-order valence-corrected chi connectivity index (χ1v) is 7.48. The standard InChI is InChI=1S/C14H18ClNOS/c1-16(2)14(17)18-13-11-7-5-3-4-6-10(11)8-9-12(13)15/h8-9H,3-7H2,1-2H3. The Hall–Kier alpha value is -0.670. The van der Waals surface area contributed by atoms with Crippen LogP contribution in [-0.4, -0.2) is 24.2 Å². The van der Waals surface area contributed by atoms with E-state index in [1.807, 2.05) is 6.07 Å². The van der Waals surface area contributed by atoms with Gasteiger partial charge < -0.3 is 4.90 Å². The maximum atomic E-state index is 11.9. The van der Waals surface area contributed by atoms with Crippen LogP contribution < -0.4 is 0 Å². The summed E-state index contributed by atoms with van der Waals surface area (Å²) >= 11 is 7.53. The molecule has 0 spiro atoms. The second-order valence-corrected chi connectivity index (χ2v) is 6.21. The van der Waals surface area contributed by atoms with Crippen LogP contribution in [0.3, 0.4) is 0 Å². The summed E-state index contributed by atoms with van der Waals surface area (Å²) in [5, 5.41) is 0.741. The lowest BCUT2D eigenvalue weighted by Gasteiger charge is -2.15. The lowest BCUT2D eigenvalue weighted by atomic mass is 10.0. The van der Waals surface area contributed by atoms with E-state index in [-0.39, 0.29) is 5.24 Å². The molecule has 2 nitrogen and oxygen atoms in total. The van der Waals surface area contributed by atoms with Gasteiger partial charge in [0, 0.05) is 19.0 Å². The molecule has 0 unspecified atom stereocenters. The van der Waals surface area contributed by atoms with E-state index in [1.54, 1.807) is 19.0 Å². The predicted molar refractivity (Wildman–Crippen MR) is 77.7 cm³/mol. The van der Waals surface area contributed by atoms with Crippen LogP contribution >= 0.6 is 23.4 Å². The highest BCUT2D eigenvalue weighted by Gasteiger charge is 2.18. The number of fused-ring (bicyclic) bond motifs is 1. The first-order valence-electron chi connectivity index (χ1n) is 6.29. The summed E-state index contributed by atoms with van der Waals surface area (Å²) in [6.07, 6.45) is 5.84. The molecule has 0 atom stereocenters. The molecule has 0 saturated carbocycles. The van der Waals surface area contributed by atoms with Crippen molar-refractivity contribution in [2.75, 3.05) is 14.1 Å². The molecule has 0 aromatic heterocycles. The van der Waals surface area contributed by atoms with Gasteiger partial charge in [-0.3, -0.25) is 4.79 Å². The second-order valence-electron chi connectivity index (χ2n) is 4.84. The topological polar surface area (TPSA) is 20.3 Å². The fraction of sp³-hybridized carbons (Fsp3) is 0.500. The van der Waals surface area contributed by atoms with Crippen LogP contribution in [0.1, 0.15) is 30.4 Å². The average Bonchev–Trinajstić information content (AvgIpc) is 2.57. The number of carbonyl (C=O) groups excluding carboxylic acids is 1. The van der Waals surface area contributed by atoms with Crippen molar-refractivity contribution in [3.8, 4) is 0 Å². The highest BCUT2D eigenvalue weighted by molar-refractivity contribution is 8.13. The molecule has 0 fully saturated rings. The van der Waals surface area contributed by atoms with Crippen molar-refractivity contribution >= 4 is 28.6 Å². The van der Waals surface area contributed by atoms with E-state index in [0.29, 0.717) is 5.02 Å². The molecule has 0 N–H and O–H groups in total. The summed E-state index contributed by atoms with van der Waals surface area (Å²) < 4.78 is 0. The molecular formula is C14H18ClNOS. The third-order valence-corrected chi connectivity index (χ3v) is 4.87. The minimum atomic E-state index is 0.0366. The van der Waals surface area contributed by atoms with E-state index >= 15 is 0 Å². The molecule has 1 aromatic rings. The SMILES string of the molecule is CN(C)C(=O)Sc1c(Cl)ccc2c1CCCCC2. The number of rotatable bonds is 1. The first-order chi connectivity index (χ1) is 8.59. The van der Waals surface area contributed by atoms with Gasteiger partial charge in [-0.15, -0.1) is 0 Å². The number of halogens is 1. The maximum absolute atomic E-state index is 11.9. The minimum Gasteiger partial charge on any atom is -0.339 e. The molecule has 1 aromatic carbocycles. The van der Waals surface area contributed by atoms with Crippen molar-refractivity contribution in [2.24, 2.45) is 0 Å². The summed E-state index contributed by atoms with van der Waals surface area (Å²) in [4.78, 5) is 14.4. The summed E-state index contributed by atoms with van der Waals surface area (Å²) in [5.41, 5.74) is 2.66. The minimum absolute atomic E-state index is 0.0366. The number of hydrogen-bond acceptors (Lipinski definition) is 2. The van der Waals surface area contributed by atoms with E-state index in [9.17, 15) is 4.79 Å². The lowest BCUT2D eigenvalue weighted by Crippen LogP contribution is -2.16.